The molecular formula is C21H37N3. The molecule has 0 amide bonds. The number of anilines is 3. The smallest absolute Gasteiger partial charge is 0.0622 e. The van der Waals surface area contributed by atoms with Crippen LogP contribution in [0.5, 0.6) is 0 Å². The van der Waals surface area contributed by atoms with Gasteiger partial charge < -0.3 is 15.5 Å². The predicted octanol–water partition coefficient (Wildman–Crippen LogP) is 5.59. The summed E-state index contributed by atoms with van der Waals surface area (Å²) in [6, 6.07) is 6.74. The van der Waals surface area contributed by atoms with E-state index in [2.05, 4.69) is 68.4 Å². The van der Waals surface area contributed by atoms with Gasteiger partial charge in [0.1, 0.15) is 0 Å². The summed E-state index contributed by atoms with van der Waals surface area (Å²) in [6.45, 7) is 15.0. The van der Waals surface area contributed by atoms with Gasteiger partial charge in [0.15, 0.2) is 0 Å². The molecule has 2 rings (SSSR count). The molecule has 1 heterocycles. The number of rotatable bonds is 7. The van der Waals surface area contributed by atoms with Crippen molar-refractivity contribution in [3.05, 3.63) is 18.2 Å². The van der Waals surface area contributed by atoms with E-state index in [0.717, 1.165) is 19.6 Å². The van der Waals surface area contributed by atoms with E-state index in [0.29, 0.717) is 10.8 Å². The summed E-state index contributed by atoms with van der Waals surface area (Å²) in [5, 5.41) is 7.03. The number of piperidine rings is 1. The molecule has 0 aliphatic carbocycles. The first kappa shape index (κ1) is 19.0. The second-order valence-electron chi connectivity index (χ2n) is 8.90. The van der Waals surface area contributed by atoms with E-state index in [9.17, 15) is 0 Å². The molecule has 0 saturated carbocycles. The highest BCUT2D eigenvalue weighted by Crippen LogP contribution is 2.36. The molecule has 1 aliphatic heterocycles. The van der Waals surface area contributed by atoms with Crippen molar-refractivity contribution in [3.8, 4) is 0 Å². The second-order valence-corrected chi connectivity index (χ2v) is 8.90. The highest BCUT2D eigenvalue weighted by atomic mass is 15.2. The Morgan fingerprint density at radius 3 is 2.42 bits per heavy atom. The number of benzene rings is 1. The van der Waals surface area contributed by atoms with Crippen LogP contribution in [0.25, 0.3) is 0 Å². The van der Waals surface area contributed by atoms with E-state index in [4.69, 9.17) is 0 Å². The first-order valence-electron chi connectivity index (χ1n) is 9.57. The monoisotopic (exact) mass is 331 g/mol. The maximum absolute atomic E-state index is 3.66. The van der Waals surface area contributed by atoms with Crippen molar-refractivity contribution in [2.24, 2.45) is 10.8 Å². The Labute approximate surface area is 149 Å². The van der Waals surface area contributed by atoms with Crippen LogP contribution < -0.4 is 15.5 Å². The Kier molecular flexibility index (Phi) is 6.06. The third kappa shape index (κ3) is 5.06. The lowest BCUT2D eigenvalue weighted by Gasteiger charge is -2.39. The van der Waals surface area contributed by atoms with Gasteiger partial charge in [0.05, 0.1) is 11.4 Å². The topological polar surface area (TPSA) is 27.3 Å². The van der Waals surface area contributed by atoms with Crippen LogP contribution in [0, 0.1) is 10.8 Å². The zero-order chi connectivity index (χ0) is 17.8. The average Bonchev–Trinajstić information content (AvgIpc) is 2.53. The van der Waals surface area contributed by atoms with E-state index in [1.54, 1.807) is 0 Å². The summed E-state index contributed by atoms with van der Waals surface area (Å²) in [5.41, 5.74) is 4.62. The molecule has 1 aliphatic rings. The zero-order valence-corrected chi connectivity index (χ0v) is 16.6. The van der Waals surface area contributed by atoms with Crippen molar-refractivity contribution in [3.63, 3.8) is 0 Å². The van der Waals surface area contributed by atoms with Gasteiger partial charge in [-0.2, -0.15) is 0 Å². The number of hydrogen-bond acceptors (Lipinski definition) is 3. The molecule has 1 fully saturated rings. The van der Waals surface area contributed by atoms with Crippen molar-refractivity contribution in [1.82, 2.24) is 0 Å². The van der Waals surface area contributed by atoms with Crippen molar-refractivity contribution in [1.29, 1.82) is 0 Å². The van der Waals surface area contributed by atoms with Crippen molar-refractivity contribution < 1.29 is 0 Å². The minimum Gasteiger partial charge on any atom is -0.386 e. The molecule has 1 aromatic carbocycles. The molecule has 0 aromatic heterocycles. The second kappa shape index (κ2) is 7.67. The maximum Gasteiger partial charge on any atom is 0.0622 e. The van der Waals surface area contributed by atoms with Gasteiger partial charge in [0.25, 0.3) is 0 Å². The van der Waals surface area contributed by atoms with Crippen LogP contribution in [0.4, 0.5) is 17.1 Å². The zero-order valence-electron chi connectivity index (χ0n) is 16.6. The van der Waals surface area contributed by atoms with Crippen LogP contribution in [-0.4, -0.2) is 26.7 Å². The quantitative estimate of drug-likeness (QED) is 0.681. The van der Waals surface area contributed by atoms with Crippen LogP contribution in [0.2, 0.25) is 0 Å². The van der Waals surface area contributed by atoms with E-state index < -0.39 is 0 Å². The standard InChI is InChI=1S/C21H37N3/c1-7-10-21(4,5)16-23-17-8-9-18(22-6)19(15-17)24-13-11-20(2,3)12-14-24/h8-9,15,22-23H,7,10-14,16H2,1-6H3. The van der Waals surface area contributed by atoms with Gasteiger partial charge in [-0.1, -0.05) is 41.0 Å². The Hall–Kier alpha value is -1.38. The lowest BCUT2D eigenvalue weighted by molar-refractivity contribution is 0.280. The highest BCUT2D eigenvalue weighted by Gasteiger charge is 2.26. The van der Waals surface area contributed by atoms with Crippen LogP contribution in [0.3, 0.4) is 0 Å². The van der Waals surface area contributed by atoms with Gasteiger partial charge in [0.2, 0.25) is 0 Å². The van der Waals surface area contributed by atoms with Gasteiger partial charge in [-0.05, 0) is 48.3 Å². The van der Waals surface area contributed by atoms with Crippen LogP contribution in [-0.2, 0) is 0 Å². The molecule has 3 nitrogen and oxygen atoms in total. The summed E-state index contributed by atoms with van der Waals surface area (Å²) in [6.07, 6.45) is 5.01. The molecule has 1 saturated heterocycles. The summed E-state index contributed by atoms with van der Waals surface area (Å²) >= 11 is 0. The fourth-order valence-electron chi connectivity index (χ4n) is 3.57. The first-order chi connectivity index (χ1) is 11.3. The summed E-state index contributed by atoms with van der Waals surface area (Å²) in [5.74, 6) is 0. The lowest BCUT2D eigenvalue weighted by Crippen LogP contribution is -2.37. The fourth-order valence-corrected chi connectivity index (χ4v) is 3.57. The number of hydrogen-bond donors (Lipinski definition) is 2. The van der Waals surface area contributed by atoms with Gasteiger partial charge >= 0.3 is 0 Å². The molecule has 0 bridgehead atoms. The Bertz CT molecular complexity index is 524. The maximum atomic E-state index is 3.66. The molecular weight excluding hydrogens is 294 g/mol. The number of nitrogens with one attached hydrogen (secondary N) is 2. The molecule has 3 heteroatoms. The summed E-state index contributed by atoms with van der Waals surface area (Å²) < 4.78 is 0. The molecule has 136 valence electrons. The molecule has 0 unspecified atom stereocenters. The third-order valence-electron chi connectivity index (χ3n) is 5.42. The van der Waals surface area contributed by atoms with Crippen molar-refractivity contribution >= 4 is 17.1 Å². The first-order valence-corrected chi connectivity index (χ1v) is 9.57. The SMILES string of the molecule is CCCC(C)(C)CNc1ccc(NC)c(N2CCC(C)(C)CC2)c1. The van der Waals surface area contributed by atoms with Crippen LogP contribution in [0.15, 0.2) is 18.2 Å². The van der Waals surface area contributed by atoms with Gasteiger partial charge in [0, 0.05) is 32.4 Å². The molecule has 0 atom stereocenters. The molecule has 0 spiro atoms. The molecule has 1 aromatic rings. The largest absolute Gasteiger partial charge is 0.386 e. The molecule has 24 heavy (non-hydrogen) atoms. The molecule has 0 radical (unpaired) electrons. The van der Waals surface area contributed by atoms with E-state index in [-0.39, 0.29) is 0 Å². The highest BCUT2D eigenvalue weighted by molar-refractivity contribution is 5.75. The minimum atomic E-state index is 0.339. The van der Waals surface area contributed by atoms with Gasteiger partial charge in [-0.25, -0.2) is 0 Å². The fraction of sp³-hybridized carbons (Fsp3) is 0.714. The van der Waals surface area contributed by atoms with Gasteiger partial charge in [-0.3, -0.25) is 0 Å². The van der Waals surface area contributed by atoms with Crippen LogP contribution in [0.1, 0.15) is 60.3 Å². The molecule has 2 N–H and O–H groups in total. The van der Waals surface area contributed by atoms with E-state index in [1.165, 1.54) is 42.7 Å². The van der Waals surface area contributed by atoms with Crippen molar-refractivity contribution in [2.45, 2.75) is 60.3 Å². The van der Waals surface area contributed by atoms with Crippen molar-refractivity contribution in [2.75, 3.05) is 42.2 Å². The van der Waals surface area contributed by atoms with E-state index in [1.807, 2.05) is 7.05 Å². The lowest BCUT2D eigenvalue weighted by atomic mass is 9.82. The summed E-state index contributed by atoms with van der Waals surface area (Å²) in [7, 11) is 2.02. The predicted molar refractivity (Wildman–Crippen MR) is 108 cm³/mol. The van der Waals surface area contributed by atoms with Gasteiger partial charge in [-0.15, -0.1) is 0 Å². The average molecular weight is 332 g/mol. The Morgan fingerprint density at radius 2 is 1.83 bits per heavy atom. The Morgan fingerprint density at radius 1 is 1.17 bits per heavy atom. The van der Waals surface area contributed by atoms with Crippen LogP contribution >= 0.6 is 0 Å². The minimum absolute atomic E-state index is 0.339. The Balaban J connectivity index is 2.10. The summed E-state index contributed by atoms with van der Waals surface area (Å²) in [4.78, 5) is 2.54. The van der Waals surface area contributed by atoms with E-state index >= 15 is 0 Å². The third-order valence-corrected chi connectivity index (χ3v) is 5.42. The number of nitrogens with zero attached hydrogens (tertiary/aromatic N) is 1. The normalized spacial score (nSPS) is 17.7.